The predicted molar refractivity (Wildman–Crippen MR) is 105 cm³/mol. The van der Waals surface area contributed by atoms with E-state index < -0.39 is 6.10 Å². The van der Waals surface area contributed by atoms with E-state index in [-0.39, 0.29) is 0 Å². The van der Waals surface area contributed by atoms with Crippen LogP contribution >= 0.6 is 0 Å². The van der Waals surface area contributed by atoms with E-state index in [0.717, 1.165) is 31.9 Å². The largest absolute Gasteiger partial charge is 0.491 e. The topological polar surface area (TPSA) is 41.9 Å². The summed E-state index contributed by atoms with van der Waals surface area (Å²) in [5.74, 6) is 0.826. The number of benzene rings is 2. The van der Waals surface area contributed by atoms with Crippen LogP contribution in [-0.2, 0) is 4.74 Å². The highest BCUT2D eigenvalue weighted by Gasteiger charge is 2.17. The van der Waals surface area contributed by atoms with Crippen LogP contribution in [-0.4, -0.2) is 55.6 Å². The van der Waals surface area contributed by atoms with Crippen LogP contribution in [0.5, 0.6) is 5.75 Å². The first kappa shape index (κ1) is 17.5. The quantitative estimate of drug-likeness (QED) is 0.863. The average molecular weight is 353 g/mol. The van der Waals surface area contributed by atoms with Crippen LogP contribution in [0.1, 0.15) is 24.8 Å². The van der Waals surface area contributed by atoms with Gasteiger partial charge in [-0.25, -0.2) is 0 Å². The summed E-state index contributed by atoms with van der Waals surface area (Å²) in [5, 5.41) is 12.7. The lowest BCUT2D eigenvalue weighted by Gasteiger charge is -2.21. The molecule has 26 heavy (non-hydrogen) atoms. The van der Waals surface area contributed by atoms with Crippen molar-refractivity contribution in [3.63, 3.8) is 0 Å². The lowest BCUT2D eigenvalue weighted by atomic mass is 9.95. The van der Waals surface area contributed by atoms with Gasteiger partial charge in [0.2, 0.25) is 0 Å². The molecule has 4 heteroatoms. The zero-order valence-electron chi connectivity index (χ0n) is 15.2. The second kappa shape index (κ2) is 8.21. The number of β-amino-alcohol motifs (C(OH)–C–C–N with tert-alkyl or cyclic N) is 1. The maximum absolute atomic E-state index is 10.3. The van der Waals surface area contributed by atoms with Gasteiger partial charge >= 0.3 is 0 Å². The zero-order chi connectivity index (χ0) is 17.8. The molecule has 2 heterocycles. The molecule has 2 aliphatic heterocycles. The highest BCUT2D eigenvalue weighted by atomic mass is 16.5. The second-order valence-electron chi connectivity index (χ2n) is 7.22. The minimum Gasteiger partial charge on any atom is -0.491 e. The minimum atomic E-state index is -0.453. The number of aliphatic hydroxyl groups is 1. The number of rotatable bonds is 6. The summed E-state index contributed by atoms with van der Waals surface area (Å²) < 4.78 is 11.4. The number of nitrogens with zero attached hydrogens (tertiary/aromatic N) is 1. The van der Waals surface area contributed by atoms with E-state index in [1.165, 1.54) is 34.8 Å². The van der Waals surface area contributed by atoms with Crippen LogP contribution in [0.2, 0.25) is 0 Å². The fraction of sp³-hybridized carbons (Fsp3) is 0.455. The van der Waals surface area contributed by atoms with Gasteiger partial charge in [0, 0.05) is 6.54 Å². The summed E-state index contributed by atoms with van der Waals surface area (Å²) >= 11 is 0. The van der Waals surface area contributed by atoms with Crippen LogP contribution in [0, 0.1) is 0 Å². The summed E-state index contributed by atoms with van der Waals surface area (Å²) in [6.45, 7) is 4.64. The second-order valence-corrected chi connectivity index (χ2v) is 7.22. The van der Waals surface area contributed by atoms with E-state index in [2.05, 4.69) is 47.4 Å². The fourth-order valence-corrected chi connectivity index (χ4v) is 3.91. The monoisotopic (exact) mass is 353 g/mol. The van der Waals surface area contributed by atoms with Gasteiger partial charge in [0.25, 0.3) is 0 Å². The summed E-state index contributed by atoms with van der Waals surface area (Å²) in [6.07, 6.45) is 5.11. The number of ether oxygens (including phenoxy) is 2. The van der Waals surface area contributed by atoms with Crippen molar-refractivity contribution in [3.8, 4) is 5.75 Å². The van der Waals surface area contributed by atoms with Gasteiger partial charge in [0.05, 0.1) is 13.2 Å². The number of aliphatic hydroxyl groups excluding tert-OH is 1. The molecular formula is C22H27NO3. The Morgan fingerprint density at radius 2 is 2.00 bits per heavy atom. The van der Waals surface area contributed by atoms with Crippen molar-refractivity contribution in [3.05, 3.63) is 48.0 Å². The molecule has 138 valence electrons. The van der Waals surface area contributed by atoms with Gasteiger partial charge in [-0.15, -0.1) is 0 Å². The Kier molecular flexibility index (Phi) is 5.54. The number of hydrogen-bond donors (Lipinski definition) is 1. The first-order valence-electron chi connectivity index (χ1n) is 9.63. The van der Waals surface area contributed by atoms with E-state index in [4.69, 9.17) is 9.47 Å². The third-order valence-corrected chi connectivity index (χ3v) is 5.25. The smallest absolute Gasteiger partial charge is 0.120 e. The van der Waals surface area contributed by atoms with Crippen molar-refractivity contribution in [1.82, 2.24) is 4.90 Å². The van der Waals surface area contributed by atoms with E-state index in [1.807, 2.05) is 0 Å². The molecule has 0 aliphatic carbocycles. The Morgan fingerprint density at radius 3 is 2.81 bits per heavy atom. The van der Waals surface area contributed by atoms with Crippen LogP contribution in [0.3, 0.4) is 0 Å². The predicted octanol–water partition coefficient (Wildman–Crippen LogP) is 3.48. The Balaban J connectivity index is 1.52. The number of likely N-dealkylation sites (tertiary alicyclic amines) is 1. The molecule has 4 rings (SSSR count). The summed E-state index contributed by atoms with van der Waals surface area (Å²) in [6, 6.07) is 12.6. The molecule has 1 atom stereocenters. The van der Waals surface area contributed by atoms with Crippen molar-refractivity contribution in [2.24, 2.45) is 0 Å². The van der Waals surface area contributed by atoms with E-state index in [1.54, 1.807) is 0 Å². The SMILES string of the molecule is OC(COc1cc(C2=CCOCC2)c2ccccc2c1)CN1CCCC1. The van der Waals surface area contributed by atoms with Gasteiger partial charge in [-0.05, 0) is 66.4 Å². The summed E-state index contributed by atoms with van der Waals surface area (Å²) in [4.78, 5) is 2.31. The van der Waals surface area contributed by atoms with E-state index in [0.29, 0.717) is 19.8 Å². The van der Waals surface area contributed by atoms with Gasteiger partial charge in [0.15, 0.2) is 0 Å². The van der Waals surface area contributed by atoms with Crippen LogP contribution in [0.25, 0.3) is 16.3 Å². The van der Waals surface area contributed by atoms with Gasteiger partial charge in [-0.2, -0.15) is 0 Å². The van der Waals surface area contributed by atoms with Crippen LogP contribution < -0.4 is 4.74 Å². The molecule has 1 saturated heterocycles. The van der Waals surface area contributed by atoms with E-state index in [9.17, 15) is 5.11 Å². The Bertz CT molecular complexity index is 780. The van der Waals surface area contributed by atoms with E-state index >= 15 is 0 Å². The molecular weight excluding hydrogens is 326 g/mol. The molecule has 0 bridgehead atoms. The molecule has 2 aromatic carbocycles. The van der Waals surface area contributed by atoms with Gasteiger partial charge in [-0.1, -0.05) is 30.3 Å². The van der Waals surface area contributed by atoms with Crippen LogP contribution in [0.15, 0.2) is 42.5 Å². The molecule has 0 amide bonds. The molecule has 0 aromatic heterocycles. The third kappa shape index (κ3) is 4.09. The molecule has 1 unspecified atom stereocenters. The first-order chi connectivity index (χ1) is 12.8. The molecule has 2 aromatic rings. The number of hydrogen-bond acceptors (Lipinski definition) is 4. The van der Waals surface area contributed by atoms with Crippen molar-refractivity contribution < 1.29 is 14.6 Å². The van der Waals surface area contributed by atoms with Crippen molar-refractivity contribution in [1.29, 1.82) is 0 Å². The fourth-order valence-electron chi connectivity index (χ4n) is 3.91. The Morgan fingerprint density at radius 1 is 1.15 bits per heavy atom. The van der Waals surface area contributed by atoms with Gasteiger partial charge in [-0.3, -0.25) is 0 Å². The Hall–Kier alpha value is -1.88. The molecule has 1 N–H and O–H groups in total. The third-order valence-electron chi connectivity index (χ3n) is 5.25. The minimum absolute atomic E-state index is 0.330. The molecule has 0 spiro atoms. The maximum Gasteiger partial charge on any atom is 0.120 e. The summed E-state index contributed by atoms with van der Waals surface area (Å²) in [7, 11) is 0. The van der Waals surface area contributed by atoms with Crippen LogP contribution in [0.4, 0.5) is 0 Å². The lowest BCUT2D eigenvalue weighted by molar-refractivity contribution is 0.0759. The normalized spacial score (nSPS) is 19.5. The zero-order valence-corrected chi connectivity index (χ0v) is 15.2. The van der Waals surface area contributed by atoms with Gasteiger partial charge in [0.1, 0.15) is 18.5 Å². The molecule has 2 aliphatic rings. The highest BCUT2D eigenvalue weighted by Crippen LogP contribution is 2.32. The highest BCUT2D eigenvalue weighted by molar-refractivity contribution is 5.95. The first-order valence-corrected chi connectivity index (χ1v) is 9.63. The maximum atomic E-state index is 10.3. The Labute approximate surface area is 155 Å². The molecule has 1 fully saturated rings. The van der Waals surface area contributed by atoms with Crippen molar-refractivity contribution >= 4 is 16.3 Å². The summed E-state index contributed by atoms with van der Waals surface area (Å²) in [5.41, 5.74) is 2.53. The molecule has 4 nitrogen and oxygen atoms in total. The van der Waals surface area contributed by atoms with Crippen molar-refractivity contribution in [2.75, 3.05) is 39.5 Å². The van der Waals surface area contributed by atoms with Crippen molar-refractivity contribution in [2.45, 2.75) is 25.4 Å². The molecule has 0 radical (unpaired) electrons. The number of fused-ring (bicyclic) bond motifs is 1. The van der Waals surface area contributed by atoms with Gasteiger partial charge < -0.3 is 19.5 Å². The lowest BCUT2D eigenvalue weighted by Crippen LogP contribution is -2.33. The molecule has 0 saturated carbocycles. The standard InChI is InChI=1S/C22H27NO3/c24-19(15-23-9-3-4-10-23)16-26-20-13-18-5-1-2-6-21(18)22(14-20)17-7-11-25-12-8-17/h1-2,5-7,13-14,19,24H,3-4,8-12,15-16H2. The average Bonchev–Trinajstić information content (AvgIpc) is 3.19.